The number of nitrogens with one attached hydrogen (secondary N) is 1. The summed E-state index contributed by atoms with van der Waals surface area (Å²) in [4.78, 5) is 11.3. The fourth-order valence-electron chi connectivity index (χ4n) is 1.19. The van der Waals surface area contributed by atoms with Crippen molar-refractivity contribution in [2.45, 2.75) is 20.8 Å². The van der Waals surface area contributed by atoms with Crippen molar-refractivity contribution in [3.8, 4) is 5.75 Å². The fourth-order valence-corrected chi connectivity index (χ4v) is 1.19. The smallest absolute Gasteiger partial charge is 0.207 e. The first kappa shape index (κ1) is 13.2. The summed E-state index contributed by atoms with van der Waals surface area (Å²) in [7, 11) is 1.58. The van der Waals surface area contributed by atoms with Crippen molar-refractivity contribution in [3.05, 3.63) is 34.6 Å². The Bertz CT molecular complexity index is 529. The largest absolute Gasteiger partial charge is 0.497 e. The van der Waals surface area contributed by atoms with Crippen molar-refractivity contribution in [1.82, 2.24) is 10.2 Å². The summed E-state index contributed by atoms with van der Waals surface area (Å²) in [6.07, 6.45) is 1.26. The molecule has 0 spiro atoms. The Morgan fingerprint density at radius 2 is 1.94 bits per heavy atom. The number of benzene rings is 1. The highest BCUT2D eigenvalue weighted by Crippen LogP contribution is 2.14. The Morgan fingerprint density at radius 1 is 1.29 bits per heavy atom. The molecule has 0 atom stereocenters. The number of H-pyrrole nitrogens is 1. The number of nitrogens with zero attached hydrogens (tertiary/aromatic N) is 1. The van der Waals surface area contributed by atoms with Crippen molar-refractivity contribution >= 4 is 10.9 Å². The molecule has 0 aliphatic carbocycles. The van der Waals surface area contributed by atoms with Gasteiger partial charge in [0.2, 0.25) is 5.43 Å². The quantitative estimate of drug-likeness (QED) is 0.825. The molecule has 17 heavy (non-hydrogen) atoms. The Kier molecular flexibility index (Phi) is 4.69. The molecule has 0 bridgehead atoms. The van der Waals surface area contributed by atoms with E-state index in [9.17, 15) is 4.79 Å². The van der Waals surface area contributed by atoms with E-state index in [1.165, 1.54) is 6.20 Å². The molecule has 4 nitrogen and oxygen atoms in total. The van der Waals surface area contributed by atoms with Gasteiger partial charge in [-0.15, -0.1) is 0 Å². The van der Waals surface area contributed by atoms with E-state index in [-0.39, 0.29) is 5.43 Å². The lowest BCUT2D eigenvalue weighted by Crippen LogP contribution is -2.02. The normalized spacial score (nSPS) is 9.94. The minimum atomic E-state index is -0.0867. The van der Waals surface area contributed by atoms with Crippen LogP contribution in [0.4, 0.5) is 0 Å². The van der Waals surface area contributed by atoms with Gasteiger partial charge in [0.1, 0.15) is 5.75 Å². The molecule has 0 saturated heterocycles. The monoisotopic (exact) mass is 234 g/mol. The molecule has 1 N–H and O–H groups in total. The second-order valence-corrected chi connectivity index (χ2v) is 4.38. The highest BCUT2D eigenvalue weighted by Gasteiger charge is 1.99. The van der Waals surface area contributed by atoms with Crippen LogP contribution in [0.25, 0.3) is 10.9 Å². The van der Waals surface area contributed by atoms with Gasteiger partial charge in [-0.1, -0.05) is 20.8 Å². The number of methoxy groups -OCH3 is 1. The Balaban J connectivity index is 0.000000317. The molecular weight excluding hydrogens is 216 g/mol. The number of hydrogen-bond donors (Lipinski definition) is 1. The molecule has 0 fully saturated rings. The van der Waals surface area contributed by atoms with E-state index in [2.05, 4.69) is 31.0 Å². The maximum absolute atomic E-state index is 11.3. The van der Waals surface area contributed by atoms with Gasteiger partial charge in [-0.25, -0.2) is 0 Å². The van der Waals surface area contributed by atoms with Gasteiger partial charge in [0, 0.05) is 11.5 Å². The molecule has 0 radical (unpaired) electrons. The van der Waals surface area contributed by atoms with Gasteiger partial charge in [0.05, 0.1) is 18.8 Å². The number of aromatic amines is 1. The average molecular weight is 234 g/mol. The topological polar surface area (TPSA) is 55.0 Å². The van der Waals surface area contributed by atoms with Crippen LogP contribution in [0.2, 0.25) is 0 Å². The summed E-state index contributed by atoms with van der Waals surface area (Å²) >= 11 is 0. The second-order valence-electron chi connectivity index (χ2n) is 4.38. The summed E-state index contributed by atoms with van der Waals surface area (Å²) < 4.78 is 5.01. The van der Waals surface area contributed by atoms with Crippen molar-refractivity contribution in [2.24, 2.45) is 5.92 Å². The minimum Gasteiger partial charge on any atom is -0.497 e. The van der Waals surface area contributed by atoms with Crippen molar-refractivity contribution in [1.29, 1.82) is 0 Å². The first-order valence-corrected chi connectivity index (χ1v) is 5.56. The third-order valence-electron chi connectivity index (χ3n) is 1.86. The maximum atomic E-state index is 11.3. The van der Waals surface area contributed by atoms with E-state index in [1.54, 1.807) is 25.3 Å². The highest BCUT2D eigenvalue weighted by atomic mass is 16.5. The molecule has 0 aliphatic rings. The van der Waals surface area contributed by atoms with Crippen LogP contribution in [0.3, 0.4) is 0 Å². The lowest BCUT2D eigenvalue weighted by atomic mass is 10.2. The maximum Gasteiger partial charge on any atom is 0.207 e. The average Bonchev–Trinajstić information content (AvgIpc) is 2.28. The van der Waals surface area contributed by atoms with Gasteiger partial charge in [-0.05, 0) is 18.1 Å². The number of fused-ring (bicyclic) bond motifs is 1. The summed E-state index contributed by atoms with van der Waals surface area (Å²) in [5.74, 6) is 1.54. The molecule has 0 unspecified atom stereocenters. The third kappa shape index (κ3) is 3.90. The zero-order chi connectivity index (χ0) is 12.8. The van der Waals surface area contributed by atoms with Gasteiger partial charge in [0.15, 0.2) is 0 Å². The molecular formula is C13H18N2O2. The lowest BCUT2D eigenvalue weighted by Gasteiger charge is -2.00. The number of rotatable bonds is 1. The second kappa shape index (κ2) is 6.03. The van der Waals surface area contributed by atoms with Crippen molar-refractivity contribution in [2.75, 3.05) is 7.11 Å². The minimum absolute atomic E-state index is 0.0867. The SMILES string of the molecule is CC(C)C.COc1ccc2c(=O)cn[nH]c2c1. The molecule has 0 saturated carbocycles. The predicted octanol–water partition coefficient (Wildman–Crippen LogP) is 2.59. The van der Waals surface area contributed by atoms with Gasteiger partial charge in [-0.3, -0.25) is 9.89 Å². The molecule has 1 aromatic heterocycles. The molecule has 0 aliphatic heterocycles. The van der Waals surface area contributed by atoms with Gasteiger partial charge < -0.3 is 4.74 Å². The van der Waals surface area contributed by atoms with Crippen molar-refractivity contribution < 1.29 is 4.74 Å². The van der Waals surface area contributed by atoms with E-state index in [1.807, 2.05) is 0 Å². The molecule has 0 amide bonds. The molecule has 1 aromatic carbocycles. The fraction of sp³-hybridized carbons (Fsp3) is 0.385. The standard InChI is InChI=1S/C9H8N2O2.C4H10/c1-13-6-2-3-7-8(4-6)11-10-5-9(7)12;1-4(2)3/h2-5H,1H3,(H,11,12);4H,1-3H3. The van der Waals surface area contributed by atoms with Gasteiger partial charge in [-0.2, -0.15) is 5.10 Å². The number of aromatic nitrogens is 2. The first-order chi connectivity index (χ1) is 8.04. The van der Waals surface area contributed by atoms with Gasteiger partial charge >= 0.3 is 0 Å². The van der Waals surface area contributed by atoms with E-state index in [4.69, 9.17) is 4.74 Å². The van der Waals surface area contributed by atoms with Crippen LogP contribution in [0.5, 0.6) is 5.75 Å². The molecule has 1 heterocycles. The lowest BCUT2D eigenvalue weighted by molar-refractivity contribution is 0.415. The summed E-state index contributed by atoms with van der Waals surface area (Å²) in [5.41, 5.74) is 0.600. The van der Waals surface area contributed by atoms with Crippen LogP contribution in [0.1, 0.15) is 20.8 Å². The summed E-state index contributed by atoms with van der Waals surface area (Å²) in [5, 5.41) is 7.05. The Labute approximate surface area is 101 Å². The predicted molar refractivity (Wildman–Crippen MR) is 69.4 cm³/mol. The number of ether oxygens (including phenoxy) is 1. The van der Waals surface area contributed by atoms with Crippen LogP contribution < -0.4 is 10.2 Å². The van der Waals surface area contributed by atoms with Crippen LogP contribution in [0, 0.1) is 5.92 Å². The molecule has 92 valence electrons. The zero-order valence-electron chi connectivity index (χ0n) is 10.7. The van der Waals surface area contributed by atoms with Crippen LogP contribution in [-0.4, -0.2) is 17.3 Å². The van der Waals surface area contributed by atoms with E-state index in [0.717, 1.165) is 5.92 Å². The highest BCUT2D eigenvalue weighted by molar-refractivity contribution is 5.78. The van der Waals surface area contributed by atoms with Gasteiger partial charge in [0.25, 0.3) is 0 Å². The summed E-state index contributed by atoms with van der Waals surface area (Å²) in [6.45, 7) is 6.50. The summed E-state index contributed by atoms with van der Waals surface area (Å²) in [6, 6.07) is 5.20. The third-order valence-corrected chi connectivity index (χ3v) is 1.86. The van der Waals surface area contributed by atoms with Crippen LogP contribution in [-0.2, 0) is 0 Å². The van der Waals surface area contributed by atoms with E-state index >= 15 is 0 Å². The Hall–Kier alpha value is -1.84. The zero-order valence-corrected chi connectivity index (χ0v) is 10.7. The molecule has 2 aromatic rings. The Morgan fingerprint density at radius 3 is 2.53 bits per heavy atom. The van der Waals surface area contributed by atoms with E-state index < -0.39 is 0 Å². The number of hydrogen-bond acceptors (Lipinski definition) is 3. The van der Waals surface area contributed by atoms with Crippen molar-refractivity contribution in [3.63, 3.8) is 0 Å². The van der Waals surface area contributed by atoms with Crippen LogP contribution in [0.15, 0.2) is 29.2 Å². The van der Waals surface area contributed by atoms with E-state index in [0.29, 0.717) is 16.7 Å². The van der Waals surface area contributed by atoms with Crippen LogP contribution >= 0.6 is 0 Å². The molecule has 2 rings (SSSR count). The molecule has 4 heteroatoms. The first-order valence-electron chi connectivity index (χ1n) is 5.56.